The summed E-state index contributed by atoms with van der Waals surface area (Å²) in [7, 11) is 0. The molecule has 0 radical (unpaired) electrons. The molecule has 0 spiro atoms. The Bertz CT molecular complexity index is 626. The second-order valence-electron chi connectivity index (χ2n) is 4.50. The monoisotopic (exact) mass is 304 g/mol. The number of benzene rings is 1. The Kier molecular flexibility index (Phi) is 5.08. The summed E-state index contributed by atoms with van der Waals surface area (Å²) in [5, 5.41) is 13.6. The molecule has 5 nitrogen and oxygen atoms in total. The molecule has 0 fully saturated rings. The second-order valence-corrected chi connectivity index (χ2v) is 5.48. The highest BCUT2D eigenvalue weighted by Crippen LogP contribution is 2.19. The lowest BCUT2D eigenvalue weighted by Crippen LogP contribution is -2.34. The molecular formula is C15H16N2O3S. The molecule has 1 amide bonds. The second kappa shape index (κ2) is 7.01. The van der Waals surface area contributed by atoms with Gasteiger partial charge in [-0.1, -0.05) is 30.3 Å². The SMILES string of the molecule is NCc1ccccc1CC(=O)NC(C(=O)O)c1cccs1. The van der Waals surface area contributed by atoms with Crippen LogP contribution in [-0.2, 0) is 22.6 Å². The molecule has 6 heteroatoms. The van der Waals surface area contributed by atoms with Crippen molar-refractivity contribution in [1.29, 1.82) is 0 Å². The minimum atomic E-state index is -1.07. The summed E-state index contributed by atoms with van der Waals surface area (Å²) in [6.07, 6.45) is 0.114. The molecule has 0 aliphatic carbocycles. The van der Waals surface area contributed by atoms with Crippen molar-refractivity contribution >= 4 is 23.2 Å². The Morgan fingerprint density at radius 1 is 1.19 bits per heavy atom. The van der Waals surface area contributed by atoms with Gasteiger partial charge in [-0.05, 0) is 22.6 Å². The number of carboxylic acid groups (broad SMARTS) is 1. The normalized spacial score (nSPS) is 11.9. The average molecular weight is 304 g/mol. The van der Waals surface area contributed by atoms with Gasteiger partial charge in [-0.3, -0.25) is 4.79 Å². The molecule has 0 aliphatic rings. The maximum absolute atomic E-state index is 12.1. The largest absolute Gasteiger partial charge is 0.479 e. The molecule has 2 rings (SSSR count). The topological polar surface area (TPSA) is 92.4 Å². The van der Waals surface area contributed by atoms with Gasteiger partial charge in [0.25, 0.3) is 0 Å². The van der Waals surface area contributed by atoms with Gasteiger partial charge in [0, 0.05) is 11.4 Å². The maximum Gasteiger partial charge on any atom is 0.331 e. The smallest absolute Gasteiger partial charge is 0.331 e. The third-order valence-electron chi connectivity index (χ3n) is 3.07. The lowest BCUT2D eigenvalue weighted by Gasteiger charge is -2.14. The Morgan fingerprint density at radius 2 is 1.90 bits per heavy atom. The number of nitrogens with one attached hydrogen (secondary N) is 1. The van der Waals surface area contributed by atoms with E-state index in [9.17, 15) is 14.7 Å². The fourth-order valence-corrected chi connectivity index (χ4v) is 2.79. The molecule has 1 atom stereocenters. The van der Waals surface area contributed by atoms with Crippen LogP contribution in [0.25, 0.3) is 0 Å². The number of amides is 1. The standard InChI is InChI=1S/C15H16N2O3S/c16-9-11-5-2-1-4-10(11)8-13(18)17-14(15(19)20)12-6-3-7-21-12/h1-7,14H,8-9,16H2,(H,17,18)(H,19,20). The third kappa shape index (κ3) is 3.90. The van der Waals surface area contributed by atoms with Crippen molar-refractivity contribution in [3.05, 3.63) is 57.8 Å². The molecule has 1 unspecified atom stereocenters. The van der Waals surface area contributed by atoms with Gasteiger partial charge in [-0.2, -0.15) is 0 Å². The van der Waals surface area contributed by atoms with Crippen molar-refractivity contribution in [3.8, 4) is 0 Å². The number of carboxylic acids is 1. The summed E-state index contributed by atoms with van der Waals surface area (Å²) in [6.45, 7) is 0.344. The minimum Gasteiger partial charge on any atom is -0.479 e. The van der Waals surface area contributed by atoms with Crippen LogP contribution in [0.4, 0.5) is 0 Å². The number of rotatable bonds is 6. The highest BCUT2D eigenvalue weighted by molar-refractivity contribution is 7.10. The van der Waals surface area contributed by atoms with Gasteiger partial charge in [0.05, 0.1) is 6.42 Å². The van der Waals surface area contributed by atoms with Crippen LogP contribution in [0.1, 0.15) is 22.0 Å². The van der Waals surface area contributed by atoms with Gasteiger partial charge < -0.3 is 16.2 Å². The summed E-state index contributed by atoms with van der Waals surface area (Å²) < 4.78 is 0. The van der Waals surface area contributed by atoms with E-state index in [0.29, 0.717) is 11.4 Å². The fraction of sp³-hybridized carbons (Fsp3) is 0.200. The van der Waals surface area contributed by atoms with Crippen LogP contribution in [0.5, 0.6) is 0 Å². The zero-order valence-electron chi connectivity index (χ0n) is 11.3. The summed E-state index contributed by atoms with van der Waals surface area (Å²) in [5.74, 6) is -1.41. The first kappa shape index (κ1) is 15.2. The molecule has 0 saturated carbocycles. The molecule has 110 valence electrons. The molecule has 0 saturated heterocycles. The van der Waals surface area contributed by atoms with E-state index in [4.69, 9.17) is 5.73 Å². The van der Waals surface area contributed by atoms with Crippen LogP contribution in [-0.4, -0.2) is 17.0 Å². The average Bonchev–Trinajstić information content (AvgIpc) is 2.99. The molecule has 1 aromatic heterocycles. The number of carbonyl (C=O) groups excluding carboxylic acids is 1. The van der Waals surface area contributed by atoms with E-state index >= 15 is 0 Å². The molecule has 0 aliphatic heterocycles. The third-order valence-corrected chi connectivity index (χ3v) is 4.01. The van der Waals surface area contributed by atoms with Crippen molar-refractivity contribution < 1.29 is 14.7 Å². The molecular weight excluding hydrogens is 288 g/mol. The van der Waals surface area contributed by atoms with Crippen LogP contribution in [0, 0.1) is 0 Å². The Balaban J connectivity index is 2.08. The van der Waals surface area contributed by atoms with Crippen molar-refractivity contribution in [2.24, 2.45) is 5.73 Å². The number of thiophene rings is 1. The lowest BCUT2D eigenvalue weighted by molar-refractivity contribution is -0.141. The summed E-state index contributed by atoms with van der Waals surface area (Å²) >= 11 is 1.30. The molecule has 21 heavy (non-hydrogen) atoms. The predicted octanol–water partition coefficient (Wildman–Crippen LogP) is 1.69. The van der Waals surface area contributed by atoms with Crippen LogP contribution >= 0.6 is 11.3 Å². The van der Waals surface area contributed by atoms with Crippen LogP contribution in [0.2, 0.25) is 0 Å². The van der Waals surface area contributed by atoms with Gasteiger partial charge in [0.2, 0.25) is 5.91 Å². The minimum absolute atomic E-state index is 0.114. The highest BCUT2D eigenvalue weighted by atomic mass is 32.1. The summed E-state index contributed by atoms with van der Waals surface area (Å²) in [4.78, 5) is 24.0. The molecule has 1 heterocycles. The molecule has 2 aromatic rings. The number of carbonyl (C=O) groups is 2. The van der Waals surface area contributed by atoms with E-state index < -0.39 is 12.0 Å². The van der Waals surface area contributed by atoms with Gasteiger partial charge in [0.15, 0.2) is 6.04 Å². The van der Waals surface area contributed by atoms with Crippen LogP contribution in [0.3, 0.4) is 0 Å². The maximum atomic E-state index is 12.1. The van der Waals surface area contributed by atoms with Crippen molar-refractivity contribution in [2.45, 2.75) is 19.0 Å². The first-order valence-electron chi connectivity index (χ1n) is 6.44. The van der Waals surface area contributed by atoms with E-state index in [1.54, 1.807) is 17.5 Å². The summed E-state index contributed by atoms with van der Waals surface area (Å²) in [6, 6.07) is 9.80. The van der Waals surface area contributed by atoms with Crippen molar-refractivity contribution in [3.63, 3.8) is 0 Å². The Hall–Kier alpha value is -2.18. The first-order valence-corrected chi connectivity index (χ1v) is 7.32. The predicted molar refractivity (Wildman–Crippen MR) is 80.9 cm³/mol. The fourth-order valence-electron chi connectivity index (χ4n) is 2.02. The first-order chi connectivity index (χ1) is 10.1. The number of hydrogen-bond donors (Lipinski definition) is 3. The van der Waals surface area contributed by atoms with Gasteiger partial charge in [-0.15, -0.1) is 11.3 Å². The lowest BCUT2D eigenvalue weighted by atomic mass is 10.0. The zero-order valence-corrected chi connectivity index (χ0v) is 12.1. The number of hydrogen-bond acceptors (Lipinski definition) is 4. The zero-order chi connectivity index (χ0) is 15.2. The van der Waals surface area contributed by atoms with Crippen LogP contribution < -0.4 is 11.1 Å². The number of nitrogens with two attached hydrogens (primary N) is 1. The summed E-state index contributed by atoms with van der Waals surface area (Å²) in [5.41, 5.74) is 7.33. The molecule has 0 bridgehead atoms. The Labute approximate surface area is 126 Å². The quantitative estimate of drug-likeness (QED) is 0.757. The van der Waals surface area contributed by atoms with Crippen LogP contribution in [0.15, 0.2) is 41.8 Å². The Morgan fingerprint density at radius 3 is 2.48 bits per heavy atom. The van der Waals surface area contributed by atoms with E-state index in [1.807, 2.05) is 24.3 Å². The van der Waals surface area contributed by atoms with Crippen molar-refractivity contribution in [2.75, 3.05) is 0 Å². The van der Waals surface area contributed by atoms with E-state index in [1.165, 1.54) is 11.3 Å². The van der Waals surface area contributed by atoms with E-state index in [0.717, 1.165) is 11.1 Å². The number of aliphatic carboxylic acids is 1. The van der Waals surface area contributed by atoms with Gasteiger partial charge in [-0.25, -0.2) is 4.79 Å². The van der Waals surface area contributed by atoms with Gasteiger partial charge in [0.1, 0.15) is 0 Å². The van der Waals surface area contributed by atoms with Crippen molar-refractivity contribution in [1.82, 2.24) is 5.32 Å². The van der Waals surface area contributed by atoms with E-state index in [-0.39, 0.29) is 12.3 Å². The van der Waals surface area contributed by atoms with Gasteiger partial charge >= 0.3 is 5.97 Å². The highest BCUT2D eigenvalue weighted by Gasteiger charge is 2.23. The molecule has 4 N–H and O–H groups in total. The van der Waals surface area contributed by atoms with E-state index in [2.05, 4.69) is 5.32 Å². The molecule has 1 aromatic carbocycles.